The average molecular weight is 264 g/mol. The Kier molecular flexibility index (Phi) is 3.74. The summed E-state index contributed by atoms with van der Waals surface area (Å²) >= 11 is 0. The van der Waals surface area contributed by atoms with Crippen LogP contribution < -0.4 is 5.32 Å². The maximum atomic E-state index is 13.4. The Morgan fingerprint density at radius 3 is 2.95 bits per heavy atom. The van der Waals surface area contributed by atoms with E-state index in [1.807, 2.05) is 17.7 Å². The van der Waals surface area contributed by atoms with Gasteiger partial charge in [0.1, 0.15) is 5.82 Å². The molecule has 0 unspecified atom stereocenters. The summed E-state index contributed by atoms with van der Waals surface area (Å²) in [5.74, 6) is -0.0323. The van der Waals surface area contributed by atoms with Gasteiger partial charge >= 0.3 is 5.69 Å². The molecule has 1 aromatic carbocycles. The number of benzene rings is 1. The first-order chi connectivity index (χ1) is 9.11. The molecule has 6 nitrogen and oxygen atoms in total. The first-order valence-electron chi connectivity index (χ1n) is 5.79. The second kappa shape index (κ2) is 5.47. The molecule has 2 aromatic rings. The molecular formula is C12H13FN4O2. The summed E-state index contributed by atoms with van der Waals surface area (Å²) < 4.78 is 15.4. The zero-order chi connectivity index (χ0) is 13.8. The van der Waals surface area contributed by atoms with Crippen LogP contribution in [0.5, 0.6) is 0 Å². The molecule has 0 amide bonds. The first-order valence-corrected chi connectivity index (χ1v) is 5.79. The summed E-state index contributed by atoms with van der Waals surface area (Å²) in [6.45, 7) is 3.22. The van der Waals surface area contributed by atoms with Crippen molar-refractivity contribution in [2.45, 2.75) is 20.0 Å². The Morgan fingerprint density at radius 2 is 2.32 bits per heavy atom. The fourth-order valence-electron chi connectivity index (χ4n) is 1.74. The summed E-state index contributed by atoms with van der Waals surface area (Å²) in [4.78, 5) is 13.9. The van der Waals surface area contributed by atoms with Crippen LogP contribution in [0, 0.1) is 15.9 Å². The van der Waals surface area contributed by atoms with E-state index >= 15 is 0 Å². The summed E-state index contributed by atoms with van der Waals surface area (Å²) in [5.41, 5.74) is -0.0469. The van der Waals surface area contributed by atoms with Gasteiger partial charge in [-0.3, -0.25) is 10.1 Å². The van der Waals surface area contributed by atoms with Crippen LogP contribution in [0.15, 0.2) is 30.6 Å². The van der Waals surface area contributed by atoms with Gasteiger partial charge in [0.25, 0.3) is 0 Å². The van der Waals surface area contributed by atoms with Gasteiger partial charge in [-0.2, -0.15) is 4.39 Å². The molecule has 0 fully saturated rings. The van der Waals surface area contributed by atoms with Crippen LogP contribution in [0.4, 0.5) is 15.8 Å². The van der Waals surface area contributed by atoms with Gasteiger partial charge in [-0.1, -0.05) is 0 Å². The summed E-state index contributed by atoms with van der Waals surface area (Å²) in [6.07, 6.45) is 3.55. The predicted octanol–water partition coefficient (Wildman–Crippen LogP) is 2.56. The van der Waals surface area contributed by atoms with Crippen LogP contribution >= 0.6 is 0 Å². The molecule has 1 N–H and O–H groups in total. The number of rotatable bonds is 5. The molecule has 1 aromatic heterocycles. The Morgan fingerprint density at radius 1 is 1.53 bits per heavy atom. The van der Waals surface area contributed by atoms with E-state index in [1.165, 1.54) is 6.07 Å². The van der Waals surface area contributed by atoms with Gasteiger partial charge in [0.15, 0.2) is 0 Å². The maximum Gasteiger partial charge on any atom is 0.304 e. The minimum atomic E-state index is -0.853. The minimum Gasteiger partial charge on any atom is -0.378 e. The van der Waals surface area contributed by atoms with Crippen molar-refractivity contribution in [2.75, 3.05) is 5.32 Å². The molecule has 7 heteroatoms. The average Bonchev–Trinajstić information content (AvgIpc) is 2.83. The van der Waals surface area contributed by atoms with Crippen molar-refractivity contribution in [1.82, 2.24) is 9.55 Å². The highest BCUT2D eigenvalue weighted by atomic mass is 19.1. The number of nitrogens with zero attached hydrogens (tertiary/aromatic N) is 3. The number of nitro benzene ring substituents is 1. The van der Waals surface area contributed by atoms with Gasteiger partial charge in [0.2, 0.25) is 5.82 Å². The number of nitro groups is 1. The lowest BCUT2D eigenvalue weighted by Crippen LogP contribution is -2.07. The highest BCUT2D eigenvalue weighted by Gasteiger charge is 2.13. The van der Waals surface area contributed by atoms with E-state index in [2.05, 4.69) is 10.3 Å². The highest BCUT2D eigenvalue weighted by Crippen LogP contribution is 2.21. The molecule has 1 heterocycles. The van der Waals surface area contributed by atoms with Crippen LogP contribution in [0.3, 0.4) is 0 Å². The lowest BCUT2D eigenvalue weighted by atomic mass is 10.2. The van der Waals surface area contributed by atoms with Crippen molar-refractivity contribution in [3.8, 4) is 0 Å². The molecule has 0 saturated carbocycles. The molecule has 0 atom stereocenters. The Labute approximate surface area is 109 Å². The monoisotopic (exact) mass is 264 g/mol. The van der Waals surface area contributed by atoms with Crippen molar-refractivity contribution >= 4 is 11.4 Å². The molecule has 100 valence electrons. The Hall–Kier alpha value is -2.44. The molecule has 0 radical (unpaired) electrons. The van der Waals surface area contributed by atoms with E-state index in [0.29, 0.717) is 12.2 Å². The van der Waals surface area contributed by atoms with Gasteiger partial charge in [-0.15, -0.1) is 0 Å². The van der Waals surface area contributed by atoms with E-state index in [0.717, 1.165) is 24.5 Å². The Bertz CT molecular complexity index is 597. The van der Waals surface area contributed by atoms with E-state index in [9.17, 15) is 14.5 Å². The van der Waals surface area contributed by atoms with Crippen LogP contribution in [0.25, 0.3) is 0 Å². The third-order valence-corrected chi connectivity index (χ3v) is 2.74. The molecule has 0 aliphatic carbocycles. The second-order valence-electron chi connectivity index (χ2n) is 3.91. The quantitative estimate of drug-likeness (QED) is 0.665. The molecule has 0 aliphatic rings. The molecule has 2 rings (SSSR count). The van der Waals surface area contributed by atoms with Crippen LogP contribution in [-0.4, -0.2) is 14.5 Å². The van der Waals surface area contributed by atoms with Crippen LogP contribution in [0.2, 0.25) is 0 Å². The number of imidazole rings is 1. The predicted molar refractivity (Wildman–Crippen MR) is 68.3 cm³/mol. The number of aromatic nitrogens is 2. The number of nitrogens with one attached hydrogen (secondary N) is 1. The fourth-order valence-corrected chi connectivity index (χ4v) is 1.74. The first kappa shape index (κ1) is 13.0. The number of hydrogen-bond donors (Lipinski definition) is 1. The van der Waals surface area contributed by atoms with Crippen molar-refractivity contribution in [2.24, 2.45) is 0 Å². The zero-order valence-electron chi connectivity index (χ0n) is 10.3. The molecule has 0 bridgehead atoms. The number of hydrogen-bond acceptors (Lipinski definition) is 4. The van der Waals surface area contributed by atoms with Crippen molar-refractivity contribution in [1.29, 1.82) is 0 Å². The van der Waals surface area contributed by atoms with Crippen LogP contribution in [0.1, 0.15) is 12.7 Å². The fraction of sp³-hybridized carbons (Fsp3) is 0.250. The number of halogens is 1. The third-order valence-electron chi connectivity index (χ3n) is 2.74. The van der Waals surface area contributed by atoms with Crippen molar-refractivity contribution in [3.05, 3.63) is 52.3 Å². The minimum absolute atomic E-state index is 0.429. The SMILES string of the molecule is CCn1ccnc1CNc1ccc([N+](=O)[O-])c(F)c1. The van der Waals surface area contributed by atoms with E-state index in [1.54, 1.807) is 6.20 Å². The number of anilines is 1. The molecular weight excluding hydrogens is 251 g/mol. The van der Waals surface area contributed by atoms with E-state index < -0.39 is 16.4 Å². The summed E-state index contributed by atoms with van der Waals surface area (Å²) in [7, 11) is 0. The molecule has 0 aliphatic heterocycles. The van der Waals surface area contributed by atoms with E-state index in [-0.39, 0.29) is 0 Å². The Balaban J connectivity index is 2.08. The molecule has 0 saturated heterocycles. The zero-order valence-corrected chi connectivity index (χ0v) is 10.3. The van der Waals surface area contributed by atoms with Crippen molar-refractivity contribution < 1.29 is 9.31 Å². The topological polar surface area (TPSA) is 73.0 Å². The van der Waals surface area contributed by atoms with Crippen molar-refractivity contribution in [3.63, 3.8) is 0 Å². The third kappa shape index (κ3) is 2.87. The highest BCUT2D eigenvalue weighted by molar-refractivity contribution is 5.49. The smallest absolute Gasteiger partial charge is 0.304 e. The summed E-state index contributed by atoms with van der Waals surface area (Å²) in [6, 6.07) is 3.72. The standard InChI is InChI=1S/C12H13FN4O2/c1-2-16-6-5-14-12(16)8-15-9-3-4-11(17(18)19)10(13)7-9/h3-7,15H,2,8H2,1H3. The van der Waals surface area contributed by atoms with Crippen LogP contribution in [-0.2, 0) is 13.1 Å². The van der Waals surface area contributed by atoms with Gasteiger partial charge < -0.3 is 9.88 Å². The second-order valence-corrected chi connectivity index (χ2v) is 3.91. The lowest BCUT2D eigenvalue weighted by Gasteiger charge is -2.08. The normalized spacial score (nSPS) is 10.4. The molecule has 0 spiro atoms. The van der Waals surface area contributed by atoms with Gasteiger partial charge in [0.05, 0.1) is 11.5 Å². The summed E-state index contributed by atoms with van der Waals surface area (Å²) in [5, 5.41) is 13.5. The van der Waals surface area contributed by atoms with Gasteiger partial charge in [0, 0.05) is 36.8 Å². The maximum absolute atomic E-state index is 13.4. The van der Waals surface area contributed by atoms with Gasteiger partial charge in [-0.25, -0.2) is 4.98 Å². The lowest BCUT2D eigenvalue weighted by molar-refractivity contribution is -0.387. The van der Waals surface area contributed by atoms with E-state index in [4.69, 9.17) is 0 Å². The van der Waals surface area contributed by atoms with Gasteiger partial charge in [-0.05, 0) is 13.0 Å². The number of aryl methyl sites for hydroxylation is 1. The molecule has 19 heavy (non-hydrogen) atoms. The largest absolute Gasteiger partial charge is 0.378 e.